The van der Waals surface area contributed by atoms with Gasteiger partial charge >= 0.3 is 0 Å². The lowest BCUT2D eigenvalue weighted by Crippen LogP contribution is -2.53. The van der Waals surface area contributed by atoms with Gasteiger partial charge in [0, 0.05) is 38.4 Å². The summed E-state index contributed by atoms with van der Waals surface area (Å²) in [5, 5.41) is 6.83. The van der Waals surface area contributed by atoms with Crippen molar-refractivity contribution < 1.29 is 18.9 Å². The Hall–Kier alpha value is 0.340. The highest BCUT2D eigenvalue weighted by atomic mass is 35.5. The summed E-state index contributed by atoms with van der Waals surface area (Å²) in [5.41, 5.74) is 0. The molecule has 4 aliphatic heterocycles. The third-order valence-corrected chi connectivity index (χ3v) is 4.29. The molecular formula is C14H28Cl2N2O4. The number of ether oxygens (including phenoxy) is 4. The average molecular weight is 359 g/mol. The van der Waals surface area contributed by atoms with Gasteiger partial charge in [0.1, 0.15) is 0 Å². The van der Waals surface area contributed by atoms with E-state index >= 15 is 0 Å². The number of halogens is 2. The molecule has 0 saturated carbocycles. The third-order valence-electron chi connectivity index (χ3n) is 4.29. The Morgan fingerprint density at radius 2 is 1.09 bits per heavy atom. The fourth-order valence-corrected chi connectivity index (χ4v) is 3.13. The predicted molar refractivity (Wildman–Crippen MR) is 88.4 cm³/mol. The number of nitrogens with one attached hydrogen (secondary N) is 2. The molecule has 0 aromatic rings. The monoisotopic (exact) mass is 358 g/mol. The lowest BCUT2D eigenvalue weighted by atomic mass is 10.1. The minimum atomic E-state index is 0. The van der Waals surface area contributed by atoms with Crippen LogP contribution in [0.3, 0.4) is 0 Å². The van der Waals surface area contributed by atoms with Crippen molar-refractivity contribution in [2.75, 3.05) is 52.7 Å². The molecule has 0 aliphatic carbocycles. The first-order valence-corrected chi connectivity index (χ1v) is 7.79. The van der Waals surface area contributed by atoms with Gasteiger partial charge in [-0.2, -0.15) is 0 Å². The van der Waals surface area contributed by atoms with Gasteiger partial charge in [-0.15, -0.1) is 24.8 Å². The Labute approximate surface area is 144 Å². The normalized spacial score (nSPS) is 37.1. The van der Waals surface area contributed by atoms with Crippen LogP contribution in [0.5, 0.6) is 0 Å². The van der Waals surface area contributed by atoms with Gasteiger partial charge in [-0.25, -0.2) is 0 Å². The molecule has 0 unspecified atom stereocenters. The molecule has 0 aromatic carbocycles. The van der Waals surface area contributed by atoms with E-state index in [4.69, 9.17) is 18.9 Å². The zero-order valence-electron chi connectivity index (χ0n) is 12.8. The van der Waals surface area contributed by atoms with Gasteiger partial charge in [-0.1, -0.05) is 0 Å². The zero-order valence-corrected chi connectivity index (χ0v) is 14.5. The largest absolute Gasteiger partial charge is 0.379 e. The molecule has 132 valence electrons. The van der Waals surface area contributed by atoms with Crippen LogP contribution < -0.4 is 10.6 Å². The standard InChI is InChI=1S/2C7H13NO2.2ClH/c2*1-3-9-5-7-6(1)8-2-4-10-7;;/h2*6-8H,1-5H2;2*1H/t2*6-,7-;;/m10../s1. The van der Waals surface area contributed by atoms with Crippen molar-refractivity contribution in [3.63, 3.8) is 0 Å². The molecule has 4 heterocycles. The van der Waals surface area contributed by atoms with E-state index in [1.165, 1.54) is 0 Å². The van der Waals surface area contributed by atoms with Crippen LogP contribution in [0.4, 0.5) is 0 Å². The Kier molecular flexibility index (Phi) is 10.2. The topological polar surface area (TPSA) is 61.0 Å². The average Bonchev–Trinajstić information content (AvgIpc) is 2.56. The minimum absolute atomic E-state index is 0. The van der Waals surface area contributed by atoms with Gasteiger partial charge in [0.2, 0.25) is 0 Å². The van der Waals surface area contributed by atoms with E-state index in [9.17, 15) is 0 Å². The van der Waals surface area contributed by atoms with E-state index in [2.05, 4.69) is 10.6 Å². The molecule has 4 fully saturated rings. The molecule has 8 heteroatoms. The molecule has 0 radical (unpaired) electrons. The third kappa shape index (κ3) is 5.76. The first-order chi connectivity index (χ1) is 9.93. The second-order valence-corrected chi connectivity index (χ2v) is 5.67. The maximum absolute atomic E-state index is 5.49. The van der Waals surface area contributed by atoms with Gasteiger partial charge in [-0.3, -0.25) is 0 Å². The van der Waals surface area contributed by atoms with E-state index in [0.717, 1.165) is 65.6 Å². The second kappa shape index (κ2) is 11.0. The molecule has 2 N–H and O–H groups in total. The number of fused-ring (bicyclic) bond motifs is 2. The summed E-state index contributed by atoms with van der Waals surface area (Å²) in [5.74, 6) is 0. The van der Waals surface area contributed by atoms with Crippen LogP contribution in [0.1, 0.15) is 12.8 Å². The maximum Gasteiger partial charge on any atom is 0.0962 e. The van der Waals surface area contributed by atoms with Crippen molar-refractivity contribution in [3.05, 3.63) is 0 Å². The zero-order chi connectivity index (χ0) is 13.6. The highest BCUT2D eigenvalue weighted by Gasteiger charge is 2.29. The summed E-state index contributed by atoms with van der Waals surface area (Å²) in [7, 11) is 0. The van der Waals surface area contributed by atoms with E-state index < -0.39 is 0 Å². The van der Waals surface area contributed by atoms with E-state index in [0.29, 0.717) is 24.3 Å². The van der Waals surface area contributed by atoms with Gasteiger partial charge in [0.05, 0.1) is 38.6 Å². The van der Waals surface area contributed by atoms with Gasteiger partial charge < -0.3 is 29.6 Å². The Balaban J connectivity index is 0.000000202. The van der Waals surface area contributed by atoms with E-state index in [1.807, 2.05) is 0 Å². The summed E-state index contributed by atoms with van der Waals surface area (Å²) in [6.07, 6.45) is 2.85. The number of rotatable bonds is 0. The molecule has 0 amide bonds. The Bertz CT molecular complexity index is 222. The lowest BCUT2D eigenvalue weighted by molar-refractivity contribution is -0.0884. The molecule has 4 saturated heterocycles. The Morgan fingerprint density at radius 1 is 0.636 bits per heavy atom. The van der Waals surface area contributed by atoms with Gasteiger partial charge in [-0.05, 0) is 12.8 Å². The van der Waals surface area contributed by atoms with Crippen LogP contribution in [0.2, 0.25) is 0 Å². The van der Waals surface area contributed by atoms with E-state index in [-0.39, 0.29) is 24.8 Å². The fourth-order valence-electron chi connectivity index (χ4n) is 3.13. The second-order valence-electron chi connectivity index (χ2n) is 5.67. The van der Waals surface area contributed by atoms with Crippen LogP contribution >= 0.6 is 24.8 Å². The van der Waals surface area contributed by atoms with Crippen LogP contribution in [-0.4, -0.2) is 77.0 Å². The van der Waals surface area contributed by atoms with Crippen LogP contribution in [0, 0.1) is 0 Å². The molecule has 6 nitrogen and oxygen atoms in total. The van der Waals surface area contributed by atoms with Crippen molar-refractivity contribution in [3.8, 4) is 0 Å². The fraction of sp³-hybridized carbons (Fsp3) is 1.00. The van der Waals surface area contributed by atoms with Gasteiger partial charge in [0.15, 0.2) is 0 Å². The van der Waals surface area contributed by atoms with Crippen molar-refractivity contribution in [1.29, 1.82) is 0 Å². The van der Waals surface area contributed by atoms with Crippen LogP contribution in [0.25, 0.3) is 0 Å². The number of hydrogen-bond donors (Lipinski definition) is 2. The van der Waals surface area contributed by atoms with Crippen molar-refractivity contribution in [1.82, 2.24) is 10.6 Å². The minimum Gasteiger partial charge on any atom is -0.379 e. The molecule has 4 atom stereocenters. The first-order valence-electron chi connectivity index (χ1n) is 7.79. The van der Waals surface area contributed by atoms with Crippen molar-refractivity contribution >= 4 is 24.8 Å². The molecule has 4 aliphatic rings. The SMILES string of the molecule is C1CO[C@@H]2COCC[C@H]2N1.C1CO[C@H]2COCC[C@@H]2N1.Cl.Cl. The van der Waals surface area contributed by atoms with Crippen molar-refractivity contribution in [2.45, 2.75) is 37.1 Å². The summed E-state index contributed by atoms with van der Waals surface area (Å²) in [4.78, 5) is 0. The molecule has 22 heavy (non-hydrogen) atoms. The summed E-state index contributed by atoms with van der Waals surface area (Å²) in [6.45, 7) is 7.00. The maximum atomic E-state index is 5.49. The molecular weight excluding hydrogens is 331 g/mol. The summed E-state index contributed by atoms with van der Waals surface area (Å²) in [6, 6.07) is 1.12. The number of hydrogen-bond acceptors (Lipinski definition) is 6. The molecule has 0 bridgehead atoms. The smallest absolute Gasteiger partial charge is 0.0962 e. The molecule has 0 spiro atoms. The first kappa shape index (κ1) is 20.4. The summed E-state index contributed by atoms with van der Waals surface area (Å²) < 4.78 is 21.5. The number of morpholine rings is 2. The predicted octanol–water partition coefficient (Wildman–Crippen LogP) is 0.371. The lowest BCUT2D eigenvalue weighted by Gasteiger charge is -2.35. The summed E-state index contributed by atoms with van der Waals surface area (Å²) >= 11 is 0. The quantitative estimate of drug-likeness (QED) is 0.652. The van der Waals surface area contributed by atoms with Crippen LogP contribution in [0.15, 0.2) is 0 Å². The van der Waals surface area contributed by atoms with Crippen molar-refractivity contribution in [2.24, 2.45) is 0 Å². The highest BCUT2D eigenvalue weighted by Crippen LogP contribution is 2.14. The highest BCUT2D eigenvalue weighted by molar-refractivity contribution is 5.85. The molecule has 0 aromatic heterocycles. The molecule has 4 rings (SSSR count). The van der Waals surface area contributed by atoms with Gasteiger partial charge in [0.25, 0.3) is 0 Å². The van der Waals surface area contributed by atoms with E-state index in [1.54, 1.807) is 0 Å². The van der Waals surface area contributed by atoms with Crippen LogP contribution in [-0.2, 0) is 18.9 Å². The Morgan fingerprint density at radius 3 is 1.50 bits per heavy atom.